The third kappa shape index (κ3) is 4.38. The highest BCUT2D eigenvalue weighted by atomic mass is 16.1. The summed E-state index contributed by atoms with van der Waals surface area (Å²) in [5, 5.41) is 0.545. The predicted octanol–water partition coefficient (Wildman–Crippen LogP) is 2.76. The zero-order chi connectivity index (χ0) is 20.1. The second-order valence-electron chi connectivity index (χ2n) is 6.69. The van der Waals surface area contributed by atoms with Gasteiger partial charge in [-0.1, -0.05) is 48.5 Å². The predicted molar refractivity (Wildman–Crippen MR) is 111 cm³/mol. The lowest BCUT2D eigenvalue weighted by Crippen LogP contribution is -2.24. The fraction of sp³-hybridized carbons (Fsp3) is 0.130. The molecule has 0 unspecified atom stereocenters. The molecule has 0 bridgehead atoms. The minimum atomic E-state index is -0.280. The number of para-hydroxylation sites is 1. The summed E-state index contributed by atoms with van der Waals surface area (Å²) in [6, 6.07) is 22.7. The molecule has 0 radical (unpaired) electrons. The van der Waals surface area contributed by atoms with Crippen LogP contribution < -0.4 is 11.0 Å². The second-order valence-corrected chi connectivity index (χ2v) is 6.69. The van der Waals surface area contributed by atoms with Crippen LogP contribution in [0.1, 0.15) is 12.0 Å². The van der Waals surface area contributed by atoms with Gasteiger partial charge in [-0.05, 0) is 29.8 Å². The number of pyridine rings is 1. The fourth-order valence-corrected chi connectivity index (χ4v) is 3.15. The Kier molecular flexibility index (Phi) is 5.42. The molecule has 0 atom stereocenters. The summed E-state index contributed by atoms with van der Waals surface area (Å²) in [4.78, 5) is 33.5. The molecule has 0 aliphatic heterocycles. The smallest absolute Gasteiger partial charge is 0.261 e. The van der Waals surface area contributed by atoms with Crippen LogP contribution in [-0.4, -0.2) is 20.0 Å². The molecule has 0 saturated carbocycles. The van der Waals surface area contributed by atoms with Crippen LogP contribution in [0.2, 0.25) is 0 Å². The van der Waals surface area contributed by atoms with Crippen LogP contribution >= 0.6 is 0 Å². The molecule has 0 saturated heterocycles. The van der Waals surface area contributed by atoms with Crippen LogP contribution in [0, 0.1) is 0 Å². The normalized spacial score (nSPS) is 11.7. The number of amides is 1. The molecule has 2 aromatic heterocycles. The van der Waals surface area contributed by atoms with E-state index in [1.807, 2.05) is 65.4 Å². The first-order valence-corrected chi connectivity index (χ1v) is 9.42. The molecule has 0 aliphatic rings. The summed E-state index contributed by atoms with van der Waals surface area (Å²) in [5.41, 5.74) is 2.21. The number of hydrogen-bond donors (Lipinski definition) is 0. The van der Waals surface area contributed by atoms with Gasteiger partial charge in [-0.2, -0.15) is 4.99 Å². The van der Waals surface area contributed by atoms with Crippen molar-refractivity contribution in [3.63, 3.8) is 0 Å². The SMILES string of the molecule is O=C(CCn1cnc2ccccc2c1=O)N=c1ccccn1Cc1ccccc1. The Balaban J connectivity index is 1.52. The van der Waals surface area contributed by atoms with Crippen LogP contribution in [0.25, 0.3) is 10.9 Å². The van der Waals surface area contributed by atoms with Gasteiger partial charge in [-0.3, -0.25) is 14.2 Å². The van der Waals surface area contributed by atoms with Gasteiger partial charge in [0.2, 0.25) is 5.91 Å². The van der Waals surface area contributed by atoms with E-state index in [0.717, 1.165) is 5.56 Å². The van der Waals surface area contributed by atoms with Crippen LogP contribution in [0.3, 0.4) is 0 Å². The number of nitrogens with zero attached hydrogens (tertiary/aromatic N) is 4. The number of hydrogen-bond acceptors (Lipinski definition) is 3. The zero-order valence-electron chi connectivity index (χ0n) is 15.8. The van der Waals surface area contributed by atoms with Gasteiger partial charge in [-0.15, -0.1) is 0 Å². The number of carbonyl (C=O) groups is 1. The number of carbonyl (C=O) groups excluding carboxylic acids is 1. The highest BCUT2D eigenvalue weighted by Gasteiger charge is 2.06. The Bertz CT molecular complexity index is 1270. The first-order valence-electron chi connectivity index (χ1n) is 9.42. The standard InChI is InChI=1S/C23H20N4O2/c28-22(13-15-27-17-24-20-11-5-4-10-19(20)23(27)29)25-21-12-6-7-14-26(21)16-18-8-2-1-3-9-18/h1-12,14,17H,13,15-16H2. The van der Waals surface area contributed by atoms with Crippen molar-refractivity contribution in [2.45, 2.75) is 19.5 Å². The fourth-order valence-electron chi connectivity index (χ4n) is 3.15. The third-order valence-electron chi connectivity index (χ3n) is 4.65. The molecule has 0 fully saturated rings. The van der Waals surface area contributed by atoms with E-state index in [2.05, 4.69) is 9.98 Å². The van der Waals surface area contributed by atoms with E-state index < -0.39 is 0 Å². The number of benzene rings is 2. The van der Waals surface area contributed by atoms with Crippen LogP contribution in [0.4, 0.5) is 0 Å². The summed E-state index contributed by atoms with van der Waals surface area (Å²) < 4.78 is 3.38. The van der Waals surface area contributed by atoms with Crippen molar-refractivity contribution >= 4 is 16.8 Å². The number of aryl methyl sites for hydroxylation is 1. The quantitative estimate of drug-likeness (QED) is 0.531. The Morgan fingerprint density at radius 1 is 0.897 bits per heavy atom. The third-order valence-corrected chi connectivity index (χ3v) is 4.65. The van der Waals surface area contributed by atoms with Crippen LogP contribution in [0.5, 0.6) is 0 Å². The average Bonchev–Trinajstić information content (AvgIpc) is 2.76. The summed E-state index contributed by atoms with van der Waals surface area (Å²) in [6.45, 7) is 0.867. The maximum Gasteiger partial charge on any atom is 0.261 e. The minimum absolute atomic E-state index is 0.125. The van der Waals surface area contributed by atoms with E-state index in [0.29, 0.717) is 22.9 Å². The molecule has 2 heterocycles. The summed E-state index contributed by atoms with van der Waals surface area (Å²) in [7, 11) is 0. The second kappa shape index (κ2) is 8.48. The van der Waals surface area contributed by atoms with Crippen molar-refractivity contribution in [1.82, 2.24) is 14.1 Å². The van der Waals surface area contributed by atoms with E-state index in [1.165, 1.54) is 10.9 Å². The molecule has 4 aromatic rings. The molecule has 144 valence electrons. The molecule has 4 rings (SSSR count). The summed E-state index contributed by atoms with van der Waals surface area (Å²) in [5.74, 6) is -0.280. The van der Waals surface area contributed by atoms with Crippen LogP contribution in [-0.2, 0) is 17.9 Å². The van der Waals surface area contributed by atoms with Gasteiger partial charge in [0, 0.05) is 25.7 Å². The van der Waals surface area contributed by atoms with Crippen molar-refractivity contribution in [1.29, 1.82) is 0 Å². The molecule has 29 heavy (non-hydrogen) atoms. The zero-order valence-corrected chi connectivity index (χ0v) is 15.8. The lowest BCUT2D eigenvalue weighted by molar-refractivity contribution is -0.118. The molecule has 6 heteroatoms. The number of rotatable bonds is 5. The Hall–Kier alpha value is -3.80. The van der Waals surface area contributed by atoms with Gasteiger partial charge >= 0.3 is 0 Å². The Morgan fingerprint density at radius 2 is 1.66 bits per heavy atom. The molecule has 0 aliphatic carbocycles. The van der Waals surface area contributed by atoms with Gasteiger partial charge in [0.25, 0.3) is 5.56 Å². The van der Waals surface area contributed by atoms with Gasteiger partial charge < -0.3 is 4.57 Å². The molecule has 0 N–H and O–H groups in total. The monoisotopic (exact) mass is 384 g/mol. The van der Waals surface area contributed by atoms with E-state index in [9.17, 15) is 9.59 Å². The molecular formula is C23H20N4O2. The lowest BCUT2D eigenvalue weighted by atomic mass is 10.2. The van der Waals surface area contributed by atoms with E-state index in [-0.39, 0.29) is 24.4 Å². The summed E-state index contributed by atoms with van der Waals surface area (Å²) >= 11 is 0. The van der Waals surface area contributed by atoms with Gasteiger partial charge in [0.15, 0.2) is 0 Å². The minimum Gasteiger partial charge on any atom is -0.329 e. The highest BCUT2D eigenvalue weighted by molar-refractivity contribution is 5.78. The van der Waals surface area contributed by atoms with Gasteiger partial charge in [0.05, 0.1) is 17.2 Å². The Labute approximate surface area is 167 Å². The van der Waals surface area contributed by atoms with Gasteiger partial charge in [-0.25, -0.2) is 4.98 Å². The van der Waals surface area contributed by atoms with Crippen molar-refractivity contribution in [3.05, 3.63) is 107 Å². The topological polar surface area (TPSA) is 69.2 Å². The first-order chi connectivity index (χ1) is 14.2. The van der Waals surface area contributed by atoms with Gasteiger partial charge in [0.1, 0.15) is 5.49 Å². The van der Waals surface area contributed by atoms with Crippen molar-refractivity contribution in [3.8, 4) is 0 Å². The molecule has 6 nitrogen and oxygen atoms in total. The van der Waals surface area contributed by atoms with Crippen LogP contribution in [0.15, 0.2) is 95.1 Å². The molecule has 1 amide bonds. The Morgan fingerprint density at radius 3 is 2.52 bits per heavy atom. The first kappa shape index (κ1) is 18.6. The summed E-state index contributed by atoms with van der Waals surface area (Å²) in [6.07, 6.45) is 3.51. The molecule has 2 aromatic carbocycles. The molecule has 0 spiro atoms. The average molecular weight is 384 g/mol. The maximum atomic E-state index is 12.5. The number of aromatic nitrogens is 3. The van der Waals surface area contributed by atoms with Crippen molar-refractivity contribution < 1.29 is 4.79 Å². The molecular weight excluding hydrogens is 364 g/mol. The lowest BCUT2D eigenvalue weighted by Gasteiger charge is -2.08. The van der Waals surface area contributed by atoms with E-state index in [4.69, 9.17) is 0 Å². The number of fused-ring (bicyclic) bond motifs is 1. The largest absolute Gasteiger partial charge is 0.329 e. The maximum absolute atomic E-state index is 12.5. The highest BCUT2D eigenvalue weighted by Crippen LogP contribution is 2.05. The van der Waals surface area contributed by atoms with Crippen molar-refractivity contribution in [2.75, 3.05) is 0 Å². The van der Waals surface area contributed by atoms with E-state index >= 15 is 0 Å². The van der Waals surface area contributed by atoms with E-state index in [1.54, 1.807) is 18.2 Å². The van der Waals surface area contributed by atoms with Crippen molar-refractivity contribution in [2.24, 2.45) is 4.99 Å².